The number of piperazine rings is 1. The number of rotatable bonds is 4. The molecule has 3 rings (SSSR count). The summed E-state index contributed by atoms with van der Waals surface area (Å²) in [4.78, 5) is 25.5. The Kier molecular flexibility index (Phi) is 5.87. The van der Waals surface area contributed by atoms with Crippen LogP contribution in [0.1, 0.15) is 39.7 Å². The molecular formula is C22H30N4O2. The molecule has 0 bridgehead atoms. The van der Waals surface area contributed by atoms with Gasteiger partial charge in [-0.15, -0.1) is 0 Å². The molecule has 0 radical (unpaired) electrons. The first-order valence-electron chi connectivity index (χ1n) is 9.83. The molecule has 0 N–H and O–H groups in total. The Morgan fingerprint density at radius 2 is 1.96 bits per heavy atom. The van der Waals surface area contributed by atoms with Gasteiger partial charge in [0.1, 0.15) is 17.9 Å². The van der Waals surface area contributed by atoms with Gasteiger partial charge < -0.3 is 14.5 Å². The second kappa shape index (κ2) is 8.17. The maximum absolute atomic E-state index is 12.6. The lowest BCUT2D eigenvalue weighted by Gasteiger charge is -2.41. The smallest absolute Gasteiger partial charge is 0.224 e. The van der Waals surface area contributed by atoms with Crippen LogP contribution in [-0.2, 0) is 4.79 Å². The standard InChI is InChI=1S/C22H30N4O2/c1-16-8-6-7-9-18(16)28-20-12-19(23-15-24-20)25-10-11-26(17(2)14-25)21(27)13-22(3,4)5/h6-9,12,15,17H,10-11,13-14H2,1-5H3/t17-/m0/s1. The highest BCUT2D eigenvalue weighted by molar-refractivity contribution is 5.77. The number of benzene rings is 1. The molecule has 0 saturated carbocycles. The van der Waals surface area contributed by atoms with Gasteiger partial charge in [-0.25, -0.2) is 9.97 Å². The van der Waals surface area contributed by atoms with Gasteiger partial charge in [-0.1, -0.05) is 39.0 Å². The van der Waals surface area contributed by atoms with Gasteiger partial charge in [0.25, 0.3) is 0 Å². The number of ether oxygens (including phenoxy) is 1. The fourth-order valence-corrected chi connectivity index (χ4v) is 3.43. The van der Waals surface area contributed by atoms with Gasteiger partial charge in [-0.2, -0.15) is 0 Å². The molecular weight excluding hydrogens is 352 g/mol. The number of aromatic nitrogens is 2. The minimum absolute atomic E-state index is 0.00238. The van der Waals surface area contributed by atoms with Crippen LogP contribution >= 0.6 is 0 Å². The van der Waals surface area contributed by atoms with Gasteiger partial charge in [0, 0.05) is 38.2 Å². The minimum atomic E-state index is 0.00238. The van der Waals surface area contributed by atoms with Gasteiger partial charge in [0.05, 0.1) is 0 Å². The maximum Gasteiger partial charge on any atom is 0.224 e. The zero-order chi connectivity index (χ0) is 20.3. The van der Waals surface area contributed by atoms with Crippen molar-refractivity contribution in [2.75, 3.05) is 24.5 Å². The average Bonchev–Trinajstić information content (AvgIpc) is 2.62. The van der Waals surface area contributed by atoms with E-state index in [2.05, 4.69) is 42.6 Å². The van der Waals surface area contributed by atoms with E-state index in [0.717, 1.165) is 30.2 Å². The maximum atomic E-state index is 12.6. The van der Waals surface area contributed by atoms with Crippen LogP contribution in [0.5, 0.6) is 11.6 Å². The van der Waals surface area contributed by atoms with E-state index in [9.17, 15) is 4.79 Å². The molecule has 1 aromatic carbocycles. The summed E-state index contributed by atoms with van der Waals surface area (Å²) in [6.07, 6.45) is 2.10. The monoisotopic (exact) mass is 382 g/mol. The van der Waals surface area contributed by atoms with Crippen LogP contribution in [0, 0.1) is 12.3 Å². The van der Waals surface area contributed by atoms with Gasteiger partial charge in [-0.3, -0.25) is 4.79 Å². The third kappa shape index (κ3) is 5.00. The lowest BCUT2D eigenvalue weighted by molar-refractivity contribution is -0.135. The third-order valence-corrected chi connectivity index (χ3v) is 4.89. The van der Waals surface area contributed by atoms with Crippen LogP contribution in [0.25, 0.3) is 0 Å². The SMILES string of the molecule is Cc1ccccc1Oc1cc(N2CCN(C(=O)CC(C)(C)C)[C@@H](C)C2)ncn1. The molecule has 1 aromatic heterocycles. The second-order valence-electron chi connectivity index (χ2n) is 8.70. The average molecular weight is 383 g/mol. The van der Waals surface area contributed by atoms with Crippen molar-refractivity contribution < 1.29 is 9.53 Å². The number of anilines is 1. The Hall–Kier alpha value is -2.63. The van der Waals surface area contributed by atoms with Crippen molar-refractivity contribution in [3.8, 4) is 11.6 Å². The minimum Gasteiger partial charge on any atom is -0.439 e. The van der Waals surface area contributed by atoms with Crippen LogP contribution in [0.2, 0.25) is 0 Å². The molecule has 1 saturated heterocycles. The van der Waals surface area contributed by atoms with Gasteiger partial charge >= 0.3 is 0 Å². The molecule has 0 unspecified atom stereocenters. The number of carbonyl (C=O) groups is 1. The van der Waals surface area contributed by atoms with Crippen LogP contribution in [0.4, 0.5) is 5.82 Å². The first kappa shape index (κ1) is 20.1. The Balaban J connectivity index is 1.67. The number of hydrogen-bond donors (Lipinski definition) is 0. The Morgan fingerprint density at radius 3 is 2.64 bits per heavy atom. The number of para-hydroxylation sites is 1. The molecule has 1 aliphatic rings. The molecule has 1 aliphatic heterocycles. The van der Waals surface area contributed by atoms with Crippen LogP contribution in [0.15, 0.2) is 36.7 Å². The largest absolute Gasteiger partial charge is 0.439 e. The summed E-state index contributed by atoms with van der Waals surface area (Å²) in [6, 6.07) is 9.87. The fraction of sp³-hybridized carbons (Fsp3) is 0.500. The Labute approximate surface area is 167 Å². The Bertz CT molecular complexity index is 831. The summed E-state index contributed by atoms with van der Waals surface area (Å²) < 4.78 is 5.94. The summed E-state index contributed by atoms with van der Waals surface area (Å²) in [7, 11) is 0. The van der Waals surface area contributed by atoms with Crippen molar-refractivity contribution in [3.05, 3.63) is 42.2 Å². The van der Waals surface area contributed by atoms with E-state index in [0.29, 0.717) is 18.8 Å². The van der Waals surface area contributed by atoms with Gasteiger partial charge in [0.2, 0.25) is 11.8 Å². The predicted molar refractivity (Wildman–Crippen MR) is 111 cm³/mol. The quantitative estimate of drug-likeness (QED) is 0.798. The zero-order valence-corrected chi connectivity index (χ0v) is 17.5. The lowest BCUT2D eigenvalue weighted by atomic mass is 9.91. The van der Waals surface area contributed by atoms with Gasteiger partial charge in [-0.05, 0) is 30.9 Å². The summed E-state index contributed by atoms with van der Waals surface area (Å²) in [5.41, 5.74) is 1.06. The molecule has 1 fully saturated rings. The molecule has 0 spiro atoms. The van der Waals surface area contributed by atoms with E-state index in [4.69, 9.17) is 4.74 Å². The molecule has 6 nitrogen and oxygen atoms in total. The molecule has 2 heterocycles. The van der Waals surface area contributed by atoms with Crippen molar-refractivity contribution >= 4 is 11.7 Å². The number of hydrogen-bond acceptors (Lipinski definition) is 5. The van der Waals surface area contributed by atoms with E-state index in [-0.39, 0.29) is 17.4 Å². The zero-order valence-electron chi connectivity index (χ0n) is 17.5. The second-order valence-corrected chi connectivity index (χ2v) is 8.70. The third-order valence-electron chi connectivity index (χ3n) is 4.89. The molecule has 28 heavy (non-hydrogen) atoms. The molecule has 1 atom stereocenters. The lowest BCUT2D eigenvalue weighted by Crippen LogP contribution is -2.54. The van der Waals surface area contributed by atoms with Crippen molar-refractivity contribution in [1.82, 2.24) is 14.9 Å². The first-order chi connectivity index (χ1) is 13.2. The predicted octanol–water partition coefficient (Wildman–Crippen LogP) is 4.05. The van der Waals surface area contributed by atoms with E-state index in [1.807, 2.05) is 42.2 Å². The van der Waals surface area contributed by atoms with Crippen LogP contribution in [0.3, 0.4) is 0 Å². The number of amides is 1. The number of carbonyl (C=O) groups excluding carboxylic acids is 1. The van der Waals surface area contributed by atoms with Crippen LogP contribution < -0.4 is 9.64 Å². The fourth-order valence-electron chi connectivity index (χ4n) is 3.43. The van der Waals surface area contributed by atoms with E-state index >= 15 is 0 Å². The van der Waals surface area contributed by atoms with E-state index in [1.54, 1.807) is 0 Å². The highest BCUT2D eigenvalue weighted by Crippen LogP contribution is 2.27. The summed E-state index contributed by atoms with van der Waals surface area (Å²) in [5.74, 6) is 2.37. The highest BCUT2D eigenvalue weighted by atomic mass is 16.5. The van der Waals surface area contributed by atoms with Crippen molar-refractivity contribution in [3.63, 3.8) is 0 Å². The summed E-state index contributed by atoms with van der Waals surface area (Å²) >= 11 is 0. The van der Waals surface area contributed by atoms with Crippen LogP contribution in [-0.4, -0.2) is 46.5 Å². The van der Waals surface area contributed by atoms with E-state index in [1.165, 1.54) is 6.33 Å². The summed E-state index contributed by atoms with van der Waals surface area (Å²) in [6.45, 7) is 12.6. The summed E-state index contributed by atoms with van der Waals surface area (Å²) in [5, 5.41) is 0. The van der Waals surface area contributed by atoms with Crippen molar-refractivity contribution in [1.29, 1.82) is 0 Å². The molecule has 0 aliphatic carbocycles. The molecule has 150 valence electrons. The Morgan fingerprint density at radius 1 is 1.21 bits per heavy atom. The van der Waals surface area contributed by atoms with Crippen molar-refractivity contribution in [2.45, 2.75) is 47.1 Å². The van der Waals surface area contributed by atoms with Crippen molar-refractivity contribution in [2.24, 2.45) is 5.41 Å². The topological polar surface area (TPSA) is 58.6 Å². The number of aryl methyl sites for hydroxylation is 1. The van der Waals surface area contributed by atoms with Gasteiger partial charge in [0.15, 0.2) is 0 Å². The highest BCUT2D eigenvalue weighted by Gasteiger charge is 2.30. The first-order valence-corrected chi connectivity index (χ1v) is 9.83. The number of nitrogens with zero attached hydrogens (tertiary/aromatic N) is 4. The molecule has 6 heteroatoms. The molecule has 2 aromatic rings. The molecule has 1 amide bonds. The van der Waals surface area contributed by atoms with E-state index < -0.39 is 0 Å². The normalized spacial score (nSPS) is 17.5.